The van der Waals surface area contributed by atoms with Crippen LogP contribution in [0.25, 0.3) is 10.9 Å². The topological polar surface area (TPSA) is 65.1 Å². The smallest absolute Gasteiger partial charge is 0.0718 e. The number of methoxy groups -OCH3 is 1. The molecule has 5 nitrogen and oxygen atoms in total. The van der Waals surface area contributed by atoms with E-state index in [0.29, 0.717) is 6.61 Å². The van der Waals surface area contributed by atoms with Gasteiger partial charge >= 0.3 is 0 Å². The quantitative estimate of drug-likeness (QED) is 0.685. The van der Waals surface area contributed by atoms with Gasteiger partial charge in [0.2, 0.25) is 0 Å². The molecule has 2 heterocycles. The summed E-state index contributed by atoms with van der Waals surface area (Å²) in [5, 5.41) is 4.69. The van der Waals surface area contributed by atoms with Crippen molar-refractivity contribution in [2.24, 2.45) is 0 Å². The third-order valence-corrected chi connectivity index (χ3v) is 3.98. The summed E-state index contributed by atoms with van der Waals surface area (Å²) in [5.74, 6) is 0. The second-order valence-corrected chi connectivity index (χ2v) is 5.66. The van der Waals surface area contributed by atoms with Crippen LogP contribution < -0.4 is 11.1 Å². The summed E-state index contributed by atoms with van der Waals surface area (Å²) in [4.78, 5) is 4.19. The van der Waals surface area contributed by atoms with Crippen molar-refractivity contribution in [3.8, 4) is 0 Å². The molecule has 0 aliphatic carbocycles. The zero-order chi connectivity index (χ0) is 16.2. The van der Waals surface area contributed by atoms with Crippen LogP contribution in [0, 0.1) is 0 Å². The van der Waals surface area contributed by atoms with Gasteiger partial charge in [0.1, 0.15) is 0 Å². The van der Waals surface area contributed by atoms with E-state index < -0.39 is 0 Å². The van der Waals surface area contributed by atoms with Gasteiger partial charge in [-0.25, -0.2) is 0 Å². The van der Waals surface area contributed by atoms with Crippen LogP contribution in [0.15, 0.2) is 48.9 Å². The molecule has 1 atom stereocenters. The largest absolute Gasteiger partial charge is 0.399 e. The fourth-order valence-electron chi connectivity index (χ4n) is 2.81. The first kappa shape index (κ1) is 15.4. The number of nitrogen functional groups attached to an aromatic ring is 1. The summed E-state index contributed by atoms with van der Waals surface area (Å²) < 4.78 is 7.39. The van der Waals surface area contributed by atoms with Crippen LogP contribution in [-0.2, 0) is 11.3 Å². The Bertz CT molecular complexity index is 782. The minimum atomic E-state index is 0.138. The van der Waals surface area contributed by atoms with Crippen LogP contribution in [0.3, 0.4) is 0 Å². The highest BCUT2D eigenvalue weighted by Gasteiger charge is 2.12. The molecule has 3 aromatic rings. The number of benzene rings is 1. The van der Waals surface area contributed by atoms with Gasteiger partial charge in [0.15, 0.2) is 0 Å². The molecule has 0 bridgehead atoms. The molecule has 3 N–H and O–H groups in total. The Hall–Kier alpha value is -2.53. The van der Waals surface area contributed by atoms with E-state index in [9.17, 15) is 0 Å². The third kappa shape index (κ3) is 3.29. The van der Waals surface area contributed by atoms with E-state index in [0.717, 1.165) is 34.4 Å². The standard InChI is InChI=1S/C18H22N4O/c1-13(15-4-3-6-20-12-15)21-17-11-16(19)10-14-5-7-22(18(14)17)8-9-23-2/h3-7,10-13,21H,8-9,19H2,1-2H3. The second-order valence-electron chi connectivity index (χ2n) is 5.66. The van der Waals surface area contributed by atoms with Crippen molar-refractivity contribution in [3.63, 3.8) is 0 Å². The van der Waals surface area contributed by atoms with E-state index in [2.05, 4.69) is 40.1 Å². The number of nitrogens with one attached hydrogen (secondary N) is 1. The Balaban J connectivity index is 1.96. The first-order chi connectivity index (χ1) is 11.2. The van der Waals surface area contributed by atoms with Crippen LogP contribution in [0.4, 0.5) is 11.4 Å². The lowest BCUT2D eigenvalue weighted by atomic mass is 10.1. The molecule has 2 aromatic heterocycles. The number of anilines is 2. The molecule has 0 aliphatic rings. The molecule has 0 amide bonds. The van der Waals surface area contributed by atoms with Gasteiger partial charge in [0.05, 0.1) is 23.9 Å². The Morgan fingerprint density at radius 3 is 2.96 bits per heavy atom. The van der Waals surface area contributed by atoms with Crippen LogP contribution in [0.5, 0.6) is 0 Å². The summed E-state index contributed by atoms with van der Waals surface area (Å²) in [6.07, 6.45) is 5.74. The fraction of sp³-hybridized carbons (Fsp3) is 0.278. The van der Waals surface area contributed by atoms with Gasteiger partial charge in [-0.2, -0.15) is 0 Å². The number of nitrogens with two attached hydrogens (primary N) is 1. The highest BCUT2D eigenvalue weighted by Crippen LogP contribution is 2.30. The van der Waals surface area contributed by atoms with E-state index in [1.165, 1.54) is 0 Å². The predicted molar refractivity (Wildman–Crippen MR) is 94.5 cm³/mol. The summed E-state index contributed by atoms with van der Waals surface area (Å²) in [6, 6.07) is 10.2. The number of nitrogens with zero attached hydrogens (tertiary/aromatic N) is 2. The van der Waals surface area contributed by atoms with Crippen molar-refractivity contribution in [2.45, 2.75) is 19.5 Å². The van der Waals surface area contributed by atoms with Gasteiger partial charge in [-0.05, 0) is 36.8 Å². The second kappa shape index (κ2) is 6.71. The van der Waals surface area contributed by atoms with Gasteiger partial charge in [-0.1, -0.05) is 6.07 Å². The summed E-state index contributed by atoms with van der Waals surface area (Å²) in [5.41, 5.74) is 10.1. The molecule has 0 radical (unpaired) electrons. The lowest BCUT2D eigenvalue weighted by molar-refractivity contribution is 0.188. The number of pyridine rings is 1. The number of ether oxygens (including phenoxy) is 1. The SMILES string of the molecule is COCCn1ccc2cc(N)cc(NC(C)c3cccnc3)c21. The summed E-state index contributed by atoms with van der Waals surface area (Å²) in [6.45, 7) is 3.60. The average Bonchev–Trinajstić information content (AvgIpc) is 2.96. The lowest BCUT2D eigenvalue weighted by Crippen LogP contribution is -2.10. The fourth-order valence-corrected chi connectivity index (χ4v) is 2.81. The number of rotatable bonds is 6. The monoisotopic (exact) mass is 310 g/mol. The number of hydrogen-bond acceptors (Lipinski definition) is 4. The number of aromatic nitrogens is 2. The average molecular weight is 310 g/mol. The molecule has 5 heteroatoms. The van der Waals surface area contributed by atoms with E-state index in [4.69, 9.17) is 10.5 Å². The Labute approximate surface area is 136 Å². The molecule has 23 heavy (non-hydrogen) atoms. The lowest BCUT2D eigenvalue weighted by Gasteiger charge is -2.18. The van der Waals surface area contributed by atoms with Crippen LogP contribution in [0.2, 0.25) is 0 Å². The number of hydrogen-bond donors (Lipinski definition) is 2. The van der Waals surface area contributed by atoms with Crippen LogP contribution >= 0.6 is 0 Å². The first-order valence-electron chi connectivity index (χ1n) is 7.73. The van der Waals surface area contributed by atoms with E-state index in [1.807, 2.05) is 24.4 Å². The van der Waals surface area contributed by atoms with Crippen molar-refractivity contribution in [1.82, 2.24) is 9.55 Å². The maximum Gasteiger partial charge on any atom is 0.0718 e. The molecule has 1 unspecified atom stereocenters. The molecule has 0 spiro atoms. The minimum absolute atomic E-state index is 0.138. The van der Waals surface area contributed by atoms with E-state index in [1.54, 1.807) is 13.3 Å². The molecule has 0 saturated carbocycles. The van der Waals surface area contributed by atoms with E-state index >= 15 is 0 Å². The maximum absolute atomic E-state index is 6.06. The van der Waals surface area contributed by atoms with Gasteiger partial charge in [0.25, 0.3) is 0 Å². The van der Waals surface area contributed by atoms with Crippen molar-refractivity contribution in [2.75, 3.05) is 24.8 Å². The molecule has 0 saturated heterocycles. The van der Waals surface area contributed by atoms with Crippen LogP contribution in [0.1, 0.15) is 18.5 Å². The Morgan fingerprint density at radius 1 is 1.35 bits per heavy atom. The van der Waals surface area contributed by atoms with Gasteiger partial charge in [-0.3, -0.25) is 4.98 Å². The Kier molecular flexibility index (Phi) is 4.48. The first-order valence-corrected chi connectivity index (χ1v) is 7.73. The Morgan fingerprint density at radius 2 is 2.22 bits per heavy atom. The van der Waals surface area contributed by atoms with Crippen molar-refractivity contribution in [3.05, 3.63) is 54.5 Å². The highest BCUT2D eigenvalue weighted by atomic mass is 16.5. The van der Waals surface area contributed by atoms with Crippen molar-refractivity contribution >= 4 is 22.3 Å². The predicted octanol–water partition coefficient (Wildman–Crippen LogP) is 3.44. The normalized spacial score (nSPS) is 12.4. The van der Waals surface area contributed by atoms with Gasteiger partial charge < -0.3 is 20.4 Å². The molecule has 0 aliphatic heterocycles. The summed E-state index contributed by atoms with van der Waals surface area (Å²) >= 11 is 0. The van der Waals surface area contributed by atoms with Crippen molar-refractivity contribution < 1.29 is 4.74 Å². The molecule has 0 fully saturated rings. The maximum atomic E-state index is 6.06. The zero-order valence-corrected chi connectivity index (χ0v) is 13.5. The molecular formula is C18H22N4O. The molecule has 1 aromatic carbocycles. The van der Waals surface area contributed by atoms with Crippen LogP contribution in [-0.4, -0.2) is 23.3 Å². The van der Waals surface area contributed by atoms with Crippen molar-refractivity contribution in [1.29, 1.82) is 0 Å². The molecule has 3 rings (SSSR count). The molecular weight excluding hydrogens is 288 g/mol. The van der Waals surface area contributed by atoms with Gasteiger partial charge in [0, 0.05) is 43.3 Å². The molecule has 120 valence electrons. The highest BCUT2D eigenvalue weighted by molar-refractivity contribution is 5.94. The van der Waals surface area contributed by atoms with Gasteiger partial charge in [-0.15, -0.1) is 0 Å². The minimum Gasteiger partial charge on any atom is -0.399 e. The van der Waals surface area contributed by atoms with E-state index in [-0.39, 0.29) is 6.04 Å². The zero-order valence-electron chi connectivity index (χ0n) is 13.5. The third-order valence-electron chi connectivity index (χ3n) is 3.98. The summed E-state index contributed by atoms with van der Waals surface area (Å²) in [7, 11) is 1.72. The number of fused-ring (bicyclic) bond motifs is 1.